The topological polar surface area (TPSA) is 59.3 Å². The van der Waals surface area contributed by atoms with E-state index < -0.39 is 29.9 Å². The van der Waals surface area contributed by atoms with E-state index >= 15 is 0 Å². The van der Waals surface area contributed by atoms with Crippen LogP contribution in [0.3, 0.4) is 0 Å². The number of amides is 1. The van der Waals surface area contributed by atoms with Crippen LogP contribution in [0.25, 0.3) is 16.9 Å². The Morgan fingerprint density at radius 3 is 2.68 bits per heavy atom. The molecule has 2 heterocycles. The highest BCUT2D eigenvalue weighted by molar-refractivity contribution is 5.98. The molecular formula is C19H16F4N4O. The zero-order valence-corrected chi connectivity index (χ0v) is 14.8. The quantitative estimate of drug-likeness (QED) is 0.685. The van der Waals surface area contributed by atoms with E-state index in [1.165, 1.54) is 28.9 Å². The first-order valence-electron chi connectivity index (χ1n) is 8.72. The molecule has 1 atom stereocenters. The van der Waals surface area contributed by atoms with Crippen LogP contribution in [0, 0.1) is 18.7 Å². The minimum atomic E-state index is -4.53. The van der Waals surface area contributed by atoms with Crippen molar-refractivity contribution in [1.29, 1.82) is 0 Å². The van der Waals surface area contributed by atoms with Crippen LogP contribution in [-0.4, -0.2) is 32.5 Å². The predicted molar refractivity (Wildman–Crippen MR) is 93.2 cm³/mol. The average molecular weight is 392 g/mol. The third-order valence-corrected chi connectivity index (χ3v) is 4.76. The van der Waals surface area contributed by atoms with Crippen molar-refractivity contribution in [3.8, 4) is 11.3 Å². The fourth-order valence-corrected chi connectivity index (χ4v) is 3.18. The molecule has 0 aliphatic heterocycles. The molecule has 4 rings (SSSR count). The average Bonchev–Trinajstić information content (AvgIpc) is 3.36. The monoisotopic (exact) mass is 392 g/mol. The molecule has 1 fully saturated rings. The molecule has 0 radical (unpaired) electrons. The first-order valence-corrected chi connectivity index (χ1v) is 8.72. The number of imidazole rings is 1. The Bertz CT molecular complexity index is 1060. The molecule has 1 N–H and O–H groups in total. The molecule has 0 saturated heterocycles. The van der Waals surface area contributed by atoms with E-state index in [0.717, 1.165) is 0 Å². The van der Waals surface area contributed by atoms with Crippen molar-refractivity contribution in [1.82, 2.24) is 19.7 Å². The van der Waals surface area contributed by atoms with Crippen LogP contribution in [0.15, 0.2) is 36.7 Å². The van der Waals surface area contributed by atoms with Gasteiger partial charge in [0.1, 0.15) is 18.2 Å². The van der Waals surface area contributed by atoms with Gasteiger partial charge in [-0.1, -0.05) is 12.1 Å². The van der Waals surface area contributed by atoms with Crippen molar-refractivity contribution in [2.75, 3.05) is 0 Å². The van der Waals surface area contributed by atoms with E-state index in [-0.39, 0.29) is 11.3 Å². The zero-order valence-electron chi connectivity index (χ0n) is 14.8. The van der Waals surface area contributed by atoms with Gasteiger partial charge in [-0.2, -0.15) is 13.2 Å². The van der Waals surface area contributed by atoms with Gasteiger partial charge < -0.3 is 5.32 Å². The molecule has 0 spiro atoms. The number of hydrogen-bond acceptors (Lipinski definition) is 3. The molecule has 1 amide bonds. The fourth-order valence-electron chi connectivity index (χ4n) is 3.18. The Morgan fingerprint density at radius 1 is 1.29 bits per heavy atom. The summed E-state index contributed by atoms with van der Waals surface area (Å²) in [6.45, 7) is 1.74. The molecule has 2 aromatic heterocycles. The van der Waals surface area contributed by atoms with Crippen LogP contribution in [0.4, 0.5) is 17.6 Å². The number of aryl methyl sites for hydroxylation is 1. The second-order valence-corrected chi connectivity index (χ2v) is 6.91. The highest BCUT2D eigenvalue weighted by Crippen LogP contribution is 2.40. The van der Waals surface area contributed by atoms with E-state index in [1.807, 2.05) is 0 Å². The molecule has 0 bridgehead atoms. The summed E-state index contributed by atoms with van der Waals surface area (Å²) in [6.07, 6.45) is -2.34. The van der Waals surface area contributed by atoms with Gasteiger partial charge in [0.25, 0.3) is 5.91 Å². The van der Waals surface area contributed by atoms with Crippen molar-refractivity contribution in [3.05, 3.63) is 53.9 Å². The minimum absolute atomic E-state index is 0.119. The molecule has 0 unspecified atom stereocenters. The lowest BCUT2D eigenvalue weighted by atomic mass is 10.1. The molecule has 3 aromatic rings. The van der Waals surface area contributed by atoms with E-state index in [9.17, 15) is 22.4 Å². The number of nitrogens with one attached hydrogen (secondary N) is 1. The number of nitrogens with zero attached hydrogens (tertiary/aromatic N) is 3. The number of fused-ring (bicyclic) bond motifs is 1. The highest BCUT2D eigenvalue weighted by atomic mass is 19.4. The summed E-state index contributed by atoms with van der Waals surface area (Å²) in [7, 11) is 0. The second kappa shape index (κ2) is 6.57. The van der Waals surface area contributed by atoms with Crippen LogP contribution in [0.1, 0.15) is 29.0 Å². The lowest BCUT2D eigenvalue weighted by Gasteiger charge is -2.20. The van der Waals surface area contributed by atoms with Crippen molar-refractivity contribution < 1.29 is 22.4 Å². The van der Waals surface area contributed by atoms with Gasteiger partial charge in [-0.05, 0) is 43.9 Å². The van der Waals surface area contributed by atoms with Gasteiger partial charge in [0.2, 0.25) is 0 Å². The largest absolute Gasteiger partial charge is 0.408 e. The summed E-state index contributed by atoms with van der Waals surface area (Å²) in [6, 6.07) is 5.56. The van der Waals surface area contributed by atoms with Crippen molar-refractivity contribution in [2.45, 2.75) is 32.0 Å². The summed E-state index contributed by atoms with van der Waals surface area (Å²) in [4.78, 5) is 20.9. The number of aromatic nitrogens is 3. The summed E-state index contributed by atoms with van der Waals surface area (Å²) < 4.78 is 54.7. The maximum atomic E-state index is 13.5. The predicted octanol–water partition coefficient (Wildman–Crippen LogP) is 3.91. The lowest BCUT2D eigenvalue weighted by molar-refractivity contribution is -0.158. The van der Waals surface area contributed by atoms with Crippen molar-refractivity contribution in [3.63, 3.8) is 0 Å². The Morgan fingerprint density at radius 2 is 2.04 bits per heavy atom. The summed E-state index contributed by atoms with van der Waals surface area (Å²) in [5.74, 6) is -1.98. The van der Waals surface area contributed by atoms with E-state index in [0.29, 0.717) is 29.8 Å². The van der Waals surface area contributed by atoms with Crippen LogP contribution < -0.4 is 5.32 Å². The SMILES string of the molecule is Cc1cc(-c2cccc(F)c2)nc2c(C(=O)N[C@@H](C3CC3)C(F)(F)F)ncn12. The molecule has 1 aliphatic rings. The van der Waals surface area contributed by atoms with Gasteiger partial charge in [0.05, 0.1) is 5.69 Å². The Kier molecular flexibility index (Phi) is 4.32. The molecule has 5 nitrogen and oxygen atoms in total. The number of carbonyl (C=O) groups is 1. The number of hydrogen-bond donors (Lipinski definition) is 1. The first kappa shape index (κ1) is 18.4. The van der Waals surface area contributed by atoms with Crippen LogP contribution in [0.5, 0.6) is 0 Å². The number of benzene rings is 1. The molecular weight excluding hydrogens is 376 g/mol. The number of carbonyl (C=O) groups excluding carboxylic acids is 1. The van der Waals surface area contributed by atoms with Gasteiger partial charge >= 0.3 is 6.18 Å². The maximum absolute atomic E-state index is 13.5. The number of halogens is 4. The Labute approximate surface area is 157 Å². The first-order chi connectivity index (χ1) is 13.2. The van der Waals surface area contributed by atoms with E-state index in [1.54, 1.807) is 19.1 Å². The summed E-state index contributed by atoms with van der Waals surface area (Å²) >= 11 is 0. The Hall–Kier alpha value is -2.97. The smallest absolute Gasteiger partial charge is 0.339 e. The molecule has 28 heavy (non-hydrogen) atoms. The van der Waals surface area contributed by atoms with Gasteiger partial charge in [-0.25, -0.2) is 14.4 Å². The second-order valence-electron chi connectivity index (χ2n) is 6.91. The maximum Gasteiger partial charge on any atom is 0.408 e. The minimum Gasteiger partial charge on any atom is -0.339 e. The van der Waals surface area contributed by atoms with Crippen LogP contribution in [0.2, 0.25) is 0 Å². The van der Waals surface area contributed by atoms with Crippen molar-refractivity contribution in [2.24, 2.45) is 5.92 Å². The van der Waals surface area contributed by atoms with Gasteiger partial charge in [0.15, 0.2) is 11.3 Å². The Balaban J connectivity index is 1.72. The fraction of sp³-hybridized carbons (Fsp3) is 0.316. The summed E-state index contributed by atoms with van der Waals surface area (Å²) in [5, 5.41) is 2.06. The molecule has 9 heteroatoms. The molecule has 1 saturated carbocycles. The van der Waals surface area contributed by atoms with Gasteiger partial charge in [-0.3, -0.25) is 9.20 Å². The normalized spacial score (nSPS) is 15.6. The number of rotatable bonds is 4. The number of alkyl halides is 3. The third kappa shape index (κ3) is 3.44. The van der Waals surface area contributed by atoms with Crippen LogP contribution in [-0.2, 0) is 0 Å². The standard InChI is InChI=1S/C19H16F4N4O/c1-10-7-14(12-3-2-4-13(20)8-12)25-17-15(24-9-27(10)17)18(28)26-16(11-5-6-11)19(21,22)23/h2-4,7-9,11,16H,5-6H2,1H3,(H,26,28)/t16-/m0/s1. The third-order valence-electron chi connectivity index (χ3n) is 4.76. The highest BCUT2D eigenvalue weighted by Gasteiger charge is 2.50. The molecule has 146 valence electrons. The van der Waals surface area contributed by atoms with Gasteiger partial charge in [-0.15, -0.1) is 0 Å². The summed E-state index contributed by atoms with van der Waals surface area (Å²) in [5.41, 5.74) is 1.47. The van der Waals surface area contributed by atoms with Crippen molar-refractivity contribution >= 4 is 11.6 Å². The lowest BCUT2D eigenvalue weighted by Crippen LogP contribution is -2.47. The molecule has 1 aliphatic carbocycles. The van der Waals surface area contributed by atoms with E-state index in [4.69, 9.17) is 0 Å². The van der Waals surface area contributed by atoms with Crippen LogP contribution >= 0.6 is 0 Å². The van der Waals surface area contributed by atoms with E-state index in [2.05, 4.69) is 15.3 Å². The molecule has 1 aromatic carbocycles. The zero-order chi connectivity index (χ0) is 20.1. The van der Waals surface area contributed by atoms with Gasteiger partial charge in [0, 0.05) is 11.3 Å².